The maximum atomic E-state index is 10.4. The summed E-state index contributed by atoms with van der Waals surface area (Å²) in [6, 6.07) is 4.52. The van der Waals surface area contributed by atoms with Crippen LogP contribution in [0.4, 0.5) is 5.69 Å². The first-order chi connectivity index (χ1) is 6.15. The smallest absolute Gasteiger partial charge is 0.258 e. The van der Waals surface area contributed by atoms with Gasteiger partial charge in [-0.05, 0) is 12.0 Å². The Morgan fingerprint density at radius 1 is 1.54 bits per heavy atom. The highest BCUT2D eigenvalue weighted by atomic mass is 79.9. The van der Waals surface area contributed by atoms with E-state index in [1.54, 1.807) is 6.07 Å². The Morgan fingerprint density at radius 3 is 2.69 bits per heavy atom. The zero-order valence-corrected chi connectivity index (χ0v) is 9.01. The Labute approximate surface area is 89.0 Å². The van der Waals surface area contributed by atoms with Crippen molar-refractivity contribution in [1.29, 1.82) is 0 Å². The van der Waals surface area contributed by atoms with Gasteiger partial charge < -0.3 is 0 Å². The molecule has 0 unspecified atom stereocenters. The Morgan fingerprint density at radius 2 is 2.23 bits per heavy atom. The topological polar surface area (TPSA) is 43.1 Å². The lowest BCUT2D eigenvalue weighted by molar-refractivity contribution is -0.384. The summed E-state index contributed by atoms with van der Waals surface area (Å²) in [6.45, 7) is 0. The number of hydrogen-bond donors (Lipinski definition) is 0. The van der Waals surface area contributed by atoms with Crippen LogP contribution in [0.1, 0.15) is 5.56 Å². The SMILES string of the molecule is O=[N+]([O-])c1ccc(CCBr)c(Cl)c1. The van der Waals surface area contributed by atoms with E-state index in [4.69, 9.17) is 11.6 Å². The fraction of sp³-hybridized carbons (Fsp3) is 0.250. The highest BCUT2D eigenvalue weighted by Gasteiger charge is 2.08. The van der Waals surface area contributed by atoms with Crippen LogP contribution in [-0.2, 0) is 6.42 Å². The average molecular weight is 265 g/mol. The van der Waals surface area contributed by atoms with E-state index in [0.29, 0.717) is 5.02 Å². The first-order valence-corrected chi connectivity index (χ1v) is 5.14. The van der Waals surface area contributed by atoms with Crippen molar-refractivity contribution in [1.82, 2.24) is 0 Å². The molecule has 1 aromatic carbocycles. The molecule has 0 saturated carbocycles. The number of halogens is 2. The van der Waals surface area contributed by atoms with Gasteiger partial charge in [-0.2, -0.15) is 0 Å². The summed E-state index contributed by atoms with van der Waals surface area (Å²) in [5.74, 6) is 0. The minimum atomic E-state index is -0.455. The van der Waals surface area contributed by atoms with Crippen molar-refractivity contribution in [3.63, 3.8) is 0 Å². The van der Waals surface area contributed by atoms with Gasteiger partial charge in [0.1, 0.15) is 0 Å². The normalized spacial score (nSPS) is 10.0. The molecule has 70 valence electrons. The van der Waals surface area contributed by atoms with Crippen LogP contribution in [0.2, 0.25) is 5.02 Å². The molecule has 0 saturated heterocycles. The van der Waals surface area contributed by atoms with Gasteiger partial charge >= 0.3 is 0 Å². The van der Waals surface area contributed by atoms with Gasteiger partial charge in [-0.25, -0.2) is 0 Å². The third kappa shape index (κ3) is 2.67. The zero-order valence-electron chi connectivity index (χ0n) is 6.67. The number of nitro groups is 1. The maximum absolute atomic E-state index is 10.4. The molecule has 1 aromatic rings. The average Bonchev–Trinajstić information content (AvgIpc) is 2.08. The van der Waals surface area contributed by atoms with Crippen LogP contribution in [0.3, 0.4) is 0 Å². The summed E-state index contributed by atoms with van der Waals surface area (Å²) in [5, 5.41) is 11.6. The van der Waals surface area contributed by atoms with Crippen molar-refractivity contribution < 1.29 is 4.92 Å². The molecule has 0 heterocycles. The first kappa shape index (κ1) is 10.5. The van der Waals surface area contributed by atoms with E-state index in [-0.39, 0.29) is 5.69 Å². The van der Waals surface area contributed by atoms with E-state index in [1.807, 2.05) is 0 Å². The molecular weight excluding hydrogens is 257 g/mol. The van der Waals surface area contributed by atoms with E-state index in [9.17, 15) is 10.1 Å². The fourth-order valence-corrected chi connectivity index (χ4v) is 1.65. The Balaban J connectivity index is 2.98. The molecule has 0 aliphatic heterocycles. The molecule has 0 amide bonds. The third-order valence-electron chi connectivity index (χ3n) is 1.61. The fourth-order valence-electron chi connectivity index (χ4n) is 0.954. The summed E-state index contributed by atoms with van der Waals surface area (Å²) in [4.78, 5) is 9.91. The maximum Gasteiger partial charge on any atom is 0.270 e. The van der Waals surface area contributed by atoms with Gasteiger partial charge in [-0.15, -0.1) is 0 Å². The minimum absolute atomic E-state index is 0.0309. The summed E-state index contributed by atoms with van der Waals surface area (Å²) in [5.41, 5.74) is 0.951. The number of hydrogen-bond acceptors (Lipinski definition) is 2. The van der Waals surface area contributed by atoms with Gasteiger partial charge in [0.25, 0.3) is 5.69 Å². The molecular formula is C8H7BrClNO2. The van der Waals surface area contributed by atoms with Crippen LogP contribution in [0.15, 0.2) is 18.2 Å². The highest BCUT2D eigenvalue weighted by Crippen LogP contribution is 2.22. The lowest BCUT2D eigenvalue weighted by Crippen LogP contribution is -1.91. The van der Waals surface area contributed by atoms with Crippen LogP contribution in [0.25, 0.3) is 0 Å². The van der Waals surface area contributed by atoms with Gasteiger partial charge in [-0.1, -0.05) is 33.6 Å². The van der Waals surface area contributed by atoms with Gasteiger partial charge in [0.15, 0.2) is 0 Å². The highest BCUT2D eigenvalue weighted by molar-refractivity contribution is 9.09. The molecule has 0 bridgehead atoms. The van der Waals surface area contributed by atoms with Gasteiger partial charge in [0, 0.05) is 17.5 Å². The van der Waals surface area contributed by atoms with Crippen LogP contribution < -0.4 is 0 Å². The van der Waals surface area contributed by atoms with Gasteiger partial charge in [-0.3, -0.25) is 10.1 Å². The van der Waals surface area contributed by atoms with E-state index in [2.05, 4.69) is 15.9 Å². The summed E-state index contributed by atoms with van der Waals surface area (Å²) >= 11 is 9.10. The summed E-state index contributed by atoms with van der Waals surface area (Å²) in [7, 11) is 0. The Hall–Kier alpha value is -0.610. The quantitative estimate of drug-likeness (QED) is 0.478. The second-order valence-corrected chi connectivity index (χ2v) is 3.67. The van der Waals surface area contributed by atoms with Crippen molar-refractivity contribution in [2.45, 2.75) is 6.42 Å². The molecule has 1 rings (SSSR count). The molecule has 0 spiro atoms. The standard InChI is InChI=1S/C8H7BrClNO2/c9-4-3-6-1-2-7(11(12)13)5-8(6)10/h1-2,5H,3-4H2. The van der Waals surface area contributed by atoms with Crippen molar-refractivity contribution in [3.8, 4) is 0 Å². The Kier molecular flexibility index (Phi) is 3.69. The number of nitrogens with zero attached hydrogens (tertiary/aromatic N) is 1. The van der Waals surface area contributed by atoms with E-state index in [0.717, 1.165) is 17.3 Å². The van der Waals surface area contributed by atoms with E-state index >= 15 is 0 Å². The molecule has 0 N–H and O–H groups in total. The second kappa shape index (κ2) is 4.58. The number of nitro benzene ring substituents is 1. The Bertz CT molecular complexity index is 330. The first-order valence-electron chi connectivity index (χ1n) is 3.64. The third-order valence-corrected chi connectivity index (χ3v) is 2.36. The number of aryl methyl sites for hydroxylation is 1. The number of benzene rings is 1. The van der Waals surface area contributed by atoms with Crippen molar-refractivity contribution >= 4 is 33.2 Å². The zero-order chi connectivity index (χ0) is 9.84. The molecule has 13 heavy (non-hydrogen) atoms. The lowest BCUT2D eigenvalue weighted by atomic mass is 10.1. The molecule has 0 fully saturated rings. The van der Waals surface area contributed by atoms with Crippen LogP contribution in [0, 0.1) is 10.1 Å². The molecule has 0 radical (unpaired) electrons. The lowest BCUT2D eigenvalue weighted by Gasteiger charge is -2.00. The molecule has 0 atom stereocenters. The van der Waals surface area contributed by atoms with Crippen LogP contribution in [-0.4, -0.2) is 10.3 Å². The van der Waals surface area contributed by atoms with E-state index < -0.39 is 4.92 Å². The largest absolute Gasteiger partial charge is 0.270 e. The van der Waals surface area contributed by atoms with E-state index in [1.165, 1.54) is 12.1 Å². The molecule has 0 aliphatic carbocycles. The monoisotopic (exact) mass is 263 g/mol. The van der Waals surface area contributed by atoms with Gasteiger partial charge in [0.05, 0.1) is 9.95 Å². The van der Waals surface area contributed by atoms with Crippen LogP contribution >= 0.6 is 27.5 Å². The predicted molar refractivity (Wildman–Crippen MR) is 55.6 cm³/mol. The molecule has 0 aromatic heterocycles. The second-order valence-electron chi connectivity index (χ2n) is 2.47. The van der Waals surface area contributed by atoms with Crippen molar-refractivity contribution in [2.75, 3.05) is 5.33 Å². The van der Waals surface area contributed by atoms with Crippen molar-refractivity contribution in [3.05, 3.63) is 38.9 Å². The number of non-ortho nitro benzene ring substituents is 1. The molecule has 5 heteroatoms. The van der Waals surface area contributed by atoms with Gasteiger partial charge in [0.2, 0.25) is 0 Å². The molecule has 0 aliphatic rings. The van der Waals surface area contributed by atoms with Crippen molar-refractivity contribution in [2.24, 2.45) is 0 Å². The number of alkyl halides is 1. The van der Waals surface area contributed by atoms with Crippen LogP contribution in [0.5, 0.6) is 0 Å². The minimum Gasteiger partial charge on any atom is -0.258 e. The summed E-state index contributed by atoms with van der Waals surface area (Å²) < 4.78 is 0. The molecule has 3 nitrogen and oxygen atoms in total. The number of rotatable bonds is 3. The summed E-state index contributed by atoms with van der Waals surface area (Å²) in [6.07, 6.45) is 0.775. The predicted octanol–water partition coefficient (Wildman–Crippen LogP) is 3.19.